The minimum Gasteiger partial charge on any atom is -0.481 e. The van der Waals surface area contributed by atoms with Gasteiger partial charge in [0, 0.05) is 25.6 Å². The highest BCUT2D eigenvalue weighted by atomic mass is 16.4. The molecule has 2 amide bonds. The molecule has 2 N–H and O–H groups in total. The van der Waals surface area contributed by atoms with Gasteiger partial charge in [0.15, 0.2) is 0 Å². The molecule has 1 aliphatic rings. The molecule has 0 saturated carbocycles. The van der Waals surface area contributed by atoms with E-state index in [-0.39, 0.29) is 18.5 Å². The van der Waals surface area contributed by atoms with Crippen molar-refractivity contribution in [2.24, 2.45) is 0 Å². The first-order valence-electron chi connectivity index (χ1n) is 6.41. The monoisotopic (exact) mass is 254 g/mol. The van der Waals surface area contributed by atoms with Crippen LogP contribution in [0.2, 0.25) is 0 Å². The third-order valence-corrected chi connectivity index (χ3v) is 3.12. The fourth-order valence-electron chi connectivity index (χ4n) is 2.19. The maximum Gasteiger partial charge on any atom is 0.317 e. The summed E-state index contributed by atoms with van der Waals surface area (Å²) in [7, 11) is 0. The molecule has 1 fully saturated rings. The van der Waals surface area contributed by atoms with Crippen LogP contribution in [-0.4, -0.2) is 41.1 Å². The number of hydrogen-bond donors (Lipinski definition) is 2. The standard InChI is InChI=1S/C13H22N2O3/c1-10(2)9-14-13(18)15-8-4-3-5-11(15)6-7-12(16)17/h11H,1,3-9H2,2H3,(H,14,18)(H,16,17). The van der Waals surface area contributed by atoms with E-state index in [0.29, 0.717) is 19.5 Å². The Hall–Kier alpha value is -1.52. The van der Waals surface area contributed by atoms with Crippen molar-refractivity contribution in [2.45, 2.75) is 45.1 Å². The molecule has 0 aromatic rings. The van der Waals surface area contributed by atoms with Crippen molar-refractivity contribution in [3.05, 3.63) is 12.2 Å². The Balaban J connectivity index is 2.49. The van der Waals surface area contributed by atoms with Gasteiger partial charge in [-0.15, -0.1) is 0 Å². The summed E-state index contributed by atoms with van der Waals surface area (Å²) in [4.78, 5) is 24.4. The number of carbonyl (C=O) groups excluding carboxylic acids is 1. The van der Waals surface area contributed by atoms with Gasteiger partial charge in [0.05, 0.1) is 0 Å². The average molecular weight is 254 g/mol. The van der Waals surface area contributed by atoms with Crippen molar-refractivity contribution in [2.75, 3.05) is 13.1 Å². The summed E-state index contributed by atoms with van der Waals surface area (Å²) in [6, 6.07) is -0.0481. The largest absolute Gasteiger partial charge is 0.481 e. The second-order valence-corrected chi connectivity index (χ2v) is 4.89. The molecule has 0 aromatic carbocycles. The molecule has 1 unspecified atom stereocenters. The second-order valence-electron chi connectivity index (χ2n) is 4.89. The molecule has 0 spiro atoms. The normalized spacial score (nSPS) is 19.4. The lowest BCUT2D eigenvalue weighted by atomic mass is 9.98. The first-order chi connectivity index (χ1) is 8.50. The molecule has 1 atom stereocenters. The number of nitrogens with one attached hydrogen (secondary N) is 1. The summed E-state index contributed by atoms with van der Waals surface area (Å²) in [5.74, 6) is -0.803. The third kappa shape index (κ3) is 4.77. The SMILES string of the molecule is C=C(C)CNC(=O)N1CCCCC1CCC(=O)O. The number of urea groups is 1. The molecule has 1 aliphatic heterocycles. The molecule has 1 rings (SSSR count). The van der Waals surface area contributed by atoms with E-state index in [1.165, 1.54) is 0 Å². The number of piperidine rings is 1. The molecule has 1 heterocycles. The van der Waals surface area contributed by atoms with Crippen molar-refractivity contribution in [3.63, 3.8) is 0 Å². The van der Waals surface area contributed by atoms with Crippen LogP contribution in [0.1, 0.15) is 39.0 Å². The van der Waals surface area contributed by atoms with Gasteiger partial charge in [-0.25, -0.2) is 4.79 Å². The molecule has 5 heteroatoms. The van der Waals surface area contributed by atoms with E-state index in [2.05, 4.69) is 11.9 Å². The van der Waals surface area contributed by atoms with E-state index < -0.39 is 5.97 Å². The molecule has 102 valence electrons. The lowest BCUT2D eigenvalue weighted by Gasteiger charge is -2.35. The van der Waals surface area contributed by atoms with Crippen LogP contribution >= 0.6 is 0 Å². The van der Waals surface area contributed by atoms with E-state index in [4.69, 9.17) is 5.11 Å². The molecule has 0 aliphatic carbocycles. The highest BCUT2D eigenvalue weighted by Gasteiger charge is 2.26. The van der Waals surface area contributed by atoms with Crippen molar-refractivity contribution in [1.29, 1.82) is 0 Å². The average Bonchev–Trinajstić information content (AvgIpc) is 2.33. The molecule has 0 radical (unpaired) electrons. The highest BCUT2D eigenvalue weighted by Crippen LogP contribution is 2.20. The number of aliphatic carboxylic acids is 1. The van der Waals surface area contributed by atoms with Gasteiger partial charge in [0.2, 0.25) is 0 Å². The van der Waals surface area contributed by atoms with Crippen molar-refractivity contribution in [1.82, 2.24) is 10.2 Å². The van der Waals surface area contributed by atoms with Gasteiger partial charge in [0.1, 0.15) is 0 Å². The van der Waals surface area contributed by atoms with Crippen LogP contribution in [0.15, 0.2) is 12.2 Å². The second kappa shape index (κ2) is 7.03. The summed E-state index contributed by atoms with van der Waals surface area (Å²) in [6.07, 6.45) is 3.61. The summed E-state index contributed by atoms with van der Waals surface area (Å²) in [6.45, 7) is 6.79. The third-order valence-electron chi connectivity index (χ3n) is 3.12. The van der Waals surface area contributed by atoms with Gasteiger partial charge >= 0.3 is 12.0 Å². The Morgan fingerprint density at radius 2 is 2.17 bits per heavy atom. The summed E-state index contributed by atoms with van der Waals surface area (Å²) < 4.78 is 0. The van der Waals surface area contributed by atoms with E-state index in [1.807, 2.05) is 6.92 Å². The number of hydrogen-bond acceptors (Lipinski definition) is 2. The van der Waals surface area contributed by atoms with Crippen LogP contribution in [0.3, 0.4) is 0 Å². The maximum atomic E-state index is 12.0. The zero-order valence-electron chi connectivity index (χ0n) is 10.9. The first-order valence-corrected chi connectivity index (χ1v) is 6.41. The molecule has 18 heavy (non-hydrogen) atoms. The Bertz CT molecular complexity index is 328. The number of rotatable bonds is 5. The molecule has 5 nitrogen and oxygen atoms in total. The van der Waals surface area contributed by atoms with E-state index in [1.54, 1.807) is 4.90 Å². The highest BCUT2D eigenvalue weighted by molar-refractivity contribution is 5.75. The van der Waals surface area contributed by atoms with E-state index in [9.17, 15) is 9.59 Å². The smallest absolute Gasteiger partial charge is 0.317 e. The van der Waals surface area contributed by atoms with Crippen molar-refractivity contribution in [3.8, 4) is 0 Å². The molecule has 0 aromatic heterocycles. The lowest BCUT2D eigenvalue weighted by molar-refractivity contribution is -0.137. The molecular formula is C13H22N2O3. The Labute approximate surface area is 108 Å². The Morgan fingerprint density at radius 3 is 2.78 bits per heavy atom. The van der Waals surface area contributed by atoms with Crippen molar-refractivity contribution >= 4 is 12.0 Å². The van der Waals surface area contributed by atoms with Crippen LogP contribution in [0.25, 0.3) is 0 Å². The van der Waals surface area contributed by atoms with Crippen LogP contribution in [-0.2, 0) is 4.79 Å². The van der Waals surface area contributed by atoms with Gasteiger partial charge in [-0.1, -0.05) is 12.2 Å². The molecule has 1 saturated heterocycles. The number of amides is 2. The predicted octanol–water partition coefficient (Wildman–Crippen LogP) is 1.99. The van der Waals surface area contributed by atoms with Crippen LogP contribution in [0.5, 0.6) is 0 Å². The van der Waals surface area contributed by atoms with Gasteiger partial charge in [-0.3, -0.25) is 4.79 Å². The van der Waals surface area contributed by atoms with Crippen LogP contribution < -0.4 is 5.32 Å². The number of likely N-dealkylation sites (tertiary alicyclic amines) is 1. The van der Waals surface area contributed by atoms with Gasteiger partial charge in [-0.2, -0.15) is 0 Å². The lowest BCUT2D eigenvalue weighted by Crippen LogP contribution is -2.49. The summed E-state index contributed by atoms with van der Waals surface area (Å²) in [5.41, 5.74) is 0.905. The quantitative estimate of drug-likeness (QED) is 0.737. The van der Waals surface area contributed by atoms with Gasteiger partial charge < -0.3 is 15.3 Å². The predicted molar refractivity (Wildman–Crippen MR) is 69.4 cm³/mol. The summed E-state index contributed by atoms with van der Waals surface area (Å²) >= 11 is 0. The number of carboxylic acids is 1. The maximum absolute atomic E-state index is 12.0. The Kier molecular flexibility index (Phi) is 5.68. The fourth-order valence-corrected chi connectivity index (χ4v) is 2.19. The van der Waals surface area contributed by atoms with E-state index in [0.717, 1.165) is 24.8 Å². The number of nitrogens with zero attached hydrogens (tertiary/aromatic N) is 1. The fraction of sp³-hybridized carbons (Fsp3) is 0.692. The molecular weight excluding hydrogens is 232 g/mol. The van der Waals surface area contributed by atoms with Crippen molar-refractivity contribution < 1.29 is 14.7 Å². The minimum atomic E-state index is -0.803. The molecule has 0 bridgehead atoms. The number of carboxylic acid groups (broad SMARTS) is 1. The van der Waals surface area contributed by atoms with Gasteiger partial charge in [-0.05, 0) is 32.6 Å². The van der Waals surface area contributed by atoms with Crippen LogP contribution in [0, 0.1) is 0 Å². The zero-order chi connectivity index (χ0) is 13.5. The number of carbonyl (C=O) groups is 2. The topological polar surface area (TPSA) is 69.6 Å². The summed E-state index contributed by atoms with van der Waals surface area (Å²) in [5, 5.41) is 11.5. The van der Waals surface area contributed by atoms with Gasteiger partial charge in [0.25, 0.3) is 0 Å². The Morgan fingerprint density at radius 1 is 1.44 bits per heavy atom. The minimum absolute atomic E-state index is 0.0555. The van der Waals surface area contributed by atoms with Crippen LogP contribution in [0.4, 0.5) is 4.79 Å². The first kappa shape index (κ1) is 14.5. The van der Waals surface area contributed by atoms with E-state index >= 15 is 0 Å². The zero-order valence-corrected chi connectivity index (χ0v) is 10.9.